The second-order valence-corrected chi connectivity index (χ2v) is 4.89. The quantitative estimate of drug-likeness (QED) is 0.511. The molecule has 0 aromatic carbocycles. The summed E-state index contributed by atoms with van der Waals surface area (Å²) in [7, 11) is 2.60. The molecule has 2 atom stereocenters. The molecule has 2 N–H and O–H groups in total. The van der Waals surface area contributed by atoms with Crippen LogP contribution < -0.4 is 5.32 Å². The minimum absolute atomic E-state index is 0.0832. The van der Waals surface area contributed by atoms with Crippen LogP contribution in [-0.2, 0) is 4.74 Å². The maximum atomic E-state index is 10.9. The van der Waals surface area contributed by atoms with Gasteiger partial charge in [-0.05, 0) is 31.9 Å². The lowest BCUT2D eigenvalue weighted by molar-refractivity contribution is 0.0627. The van der Waals surface area contributed by atoms with Crippen LogP contribution in [0.1, 0.15) is 26.2 Å². The van der Waals surface area contributed by atoms with Crippen molar-refractivity contribution >= 4 is 25.9 Å². The molecule has 4 nitrogen and oxygen atoms in total. The van der Waals surface area contributed by atoms with Crippen molar-refractivity contribution in [1.29, 1.82) is 0 Å². The van der Waals surface area contributed by atoms with Crippen LogP contribution in [-0.4, -0.2) is 36.2 Å². The summed E-state index contributed by atoms with van der Waals surface area (Å²) in [6.07, 6.45) is 1.72. The molecule has 15 heavy (non-hydrogen) atoms. The van der Waals surface area contributed by atoms with Gasteiger partial charge in [0.2, 0.25) is 0 Å². The van der Waals surface area contributed by atoms with Gasteiger partial charge in [-0.1, -0.05) is 8.44 Å². The fourth-order valence-corrected chi connectivity index (χ4v) is 1.89. The number of aliphatic hydroxyl groups excluding tert-OH is 1. The summed E-state index contributed by atoms with van der Waals surface area (Å²) in [6, 6.07) is 0. The zero-order chi connectivity index (χ0) is 11.5. The van der Waals surface area contributed by atoms with Crippen LogP contribution in [0.5, 0.6) is 0 Å². The summed E-state index contributed by atoms with van der Waals surface area (Å²) < 4.78 is 4.79. The van der Waals surface area contributed by atoms with Gasteiger partial charge in [-0.2, -0.15) is 0 Å². The van der Waals surface area contributed by atoms with Gasteiger partial charge in [0.05, 0.1) is 6.10 Å². The van der Waals surface area contributed by atoms with Crippen LogP contribution in [0, 0.1) is 0 Å². The topological polar surface area (TPSA) is 58.6 Å². The average Bonchev–Trinajstić information content (AvgIpc) is 2.22. The molecule has 0 aliphatic heterocycles. The lowest BCUT2D eigenvalue weighted by atomic mass is 10.2. The molecule has 6 heteroatoms. The van der Waals surface area contributed by atoms with Gasteiger partial charge in [-0.25, -0.2) is 4.79 Å². The molecule has 0 spiro atoms. The van der Waals surface area contributed by atoms with E-state index in [4.69, 9.17) is 4.74 Å². The van der Waals surface area contributed by atoms with Crippen LogP contribution in [0.15, 0.2) is 0 Å². The number of aliphatic hydroxyl groups is 1. The largest absolute Gasteiger partial charge is 0.447 e. The molecule has 1 amide bonds. The minimum Gasteiger partial charge on any atom is -0.447 e. The molecule has 90 valence electrons. The van der Waals surface area contributed by atoms with Crippen molar-refractivity contribution in [3.8, 4) is 0 Å². The molecule has 0 aromatic heterocycles. The first kappa shape index (κ1) is 15.0. The van der Waals surface area contributed by atoms with Gasteiger partial charge in [0.15, 0.2) is 0 Å². The number of carbonyl (C=O) groups excluding carboxylic acids is 1. The molecule has 0 heterocycles. The maximum absolute atomic E-state index is 10.9. The van der Waals surface area contributed by atoms with Crippen molar-refractivity contribution < 1.29 is 14.6 Å². The van der Waals surface area contributed by atoms with Gasteiger partial charge in [-0.3, -0.25) is 0 Å². The highest BCUT2D eigenvalue weighted by Gasteiger charge is 2.07. The molecule has 0 aromatic rings. The Morgan fingerprint density at radius 2 is 2.33 bits per heavy atom. The Kier molecular flexibility index (Phi) is 10.5. The van der Waals surface area contributed by atoms with Crippen LogP contribution >= 0.6 is 19.8 Å². The van der Waals surface area contributed by atoms with Gasteiger partial charge in [0.1, 0.15) is 6.61 Å². The molecule has 0 rings (SSSR count). The number of ether oxygens (including phenoxy) is 1. The van der Waals surface area contributed by atoms with Crippen molar-refractivity contribution in [3.05, 3.63) is 0 Å². The van der Waals surface area contributed by atoms with Crippen LogP contribution in [0.25, 0.3) is 0 Å². The third kappa shape index (κ3) is 10.3. The highest BCUT2D eigenvalue weighted by Crippen LogP contribution is 2.13. The van der Waals surface area contributed by atoms with Gasteiger partial charge in [-0.15, -0.1) is 11.4 Å². The number of alkyl carbamates (subject to hydrolysis) is 1. The van der Waals surface area contributed by atoms with E-state index in [0.717, 1.165) is 18.6 Å². The monoisotopic (exact) mass is 253 g/mol. The molecular weight excluding hydrogens is 233 g/mol. The summed E-state index contributed by atoms with van der Waals surface area (Å²) in [5.41, 5.74) is 0. The minimum atomic E-state index is -0.540. The predicted molar refractivity (Wildman–Crippen MR) is 67.1 cm³/mol. The molecule has 2 unspecified atom stereocenters. The van der Waals surface area contributed by atoms with Gasteiger partial charge < -0.3 is 15.2 Å². The summed E-state index contributed by atoms with van der Waals surface area (Å²) >= 11 is 1.72. The lowest BCUT2D eigenvalue weighted by Gasteiger charge is -2.11. The summed E-state index contributed by atoms with van der Waals surface area (Å²) in [6.45, 7) is 2.44. The van der Waals surface area contributed by atoms with Crippen molar-refractivity contribution in [1.82, 2.24) is 5.32 Å². The van der Waals surface area contributed by atoms with Gasteiger partial charge in [0.25, 0.3) is 0 Å². The normalized spacial score (nSPS) is 12.2. The zero-order valence-corrected chi connectivity index (χ0v) is 11.0. The van der Waals surface area contributed by atoms with E-state index in [0.29, 0.717) is 13.0 Å². The fourth-order valence-electron chi connectivity index (χ4n) is 1.02. The number of nitrogens with one attached hydrogen (secondary N) is 1. The van der Waals surface area contributed by atoms with E-state index < -0.39 is 12.2 Å². The summed E-state index contributed by atoms with van der Waals surface area (Å²) in [4.78, 5) is 10.9. The smallest absolute Gasteiger partial charge is 0.407 e. The van der Waals surface area contributed by atoms with Crippen molar-refractivity contribution in [3.63, 3.8) is 0 Å². The maximum Gasteiger partial charge on any atom is 0.407 e. The number of unbranched alkanes of at least 4 members (excludes halogenated alkanes) is 1. The fraction of sp³-hybridized carbons (Fsp3) is 0.889. The lowest BCUT2D eigenvalue weighted by Crippen LogP contribution is -2.27. The first-order valence-electron chi connectivity index (χ1n) is 5.11. The third-order valence-electron chi connectivity index (χ3n) is 1.78. The average molecular weight is 253 g/mol. The number of hydrogen-bond acceptors (Lipinski definition) is 4. The Bertz CT molecular complexity index is 171. The van der Waals surface area contributed by atoms with Gasteiger partial charge >= 0.3 is 6.09 Å². The van der Waals surface area contributed by atoms with E-state index in [1.54, 1.807) is 11.4 Å². The Morgan fingerprint density at radius 3 is 2.93 bits per heavy atom. The van der Waals surface area contributed by atoms with E-state index in [9.17, 15) is 9.90 Å². The molecule has 0 bridgehead atoms. The first-order chi connectivity index (χ1) is 7.20. The second-order valence-electron chi connectivity index (χ2n) is 3.15. The number of amides is 1. The highest BCUT2D eigenvalue weighted by molar-refractivity contribution is 8.43. The first-order valence-corrected chi connectivity index (χ1v) is 7.57. The van der Waals surface area contributed by atoms with Gasteiger partial charge in [0, 0.05) is 6.54 Å². The molecule has 0 radical (unpaired) electrons. The zero-order valence-electron chi connectivity index (χ0n) is 9.07. The van der Waals surface area contributed by atoms with E-state index in [1.807, 2.05) is 6.92 Å². The highest BCUT2D eigenvalue weighted by atomic mass is 32.7. The molecule has 0 aliphatic carbocycles. The third-order valence-corrected chi connectivity index (χ3v) is 3.01. The Balaban J connectivity index is 3.32. The molecular formula is C9H20NO3PS. The van der Waals surface area contributed by atoms with Crippen LogP contribution in [0.2, 0.25) is 0 Å². The molecule has 0 fully saturated rings. The van der Waals surface area contributed by atoms with Crippen molar-refractivity contribution in [2.45, 2.75) is 32.3 Å². The second kappa shape index (κ2) is 10.5. The predicted octanol–water partition coefficient (Wildman–Crippen LogP) is 1.79. The molecule has 0 saturated carbocycles. The number of hydrogen-bond donors (Lipinski definition) is 2. The van der Waals surface area contributed by atoms with Crippen LogP contribution in [0.4, 0.5) is 4.79 Å². The van der Waals surface area contributed by atoms with E-state index in [-0.39, 0.29) is 6.61 Å². The SMILES string of the molecule is CCNC(=O)OCC(O)CCCCSP. The van der Waals surface area contributed by atoms with Crippen molar-refractivity contribution in [2.24, 2.45) is 0 Å². The summed E-state index contributed by atoms with van der Waals surface area (Å²) in [5, 5.41) is 11.9. The Morgan fingerprint density at radius 1 is 1.60 bits per heavy atom. The van der Waals surface area contributed by atoms with E-state index in [1.165, 1.54) is 0 Å². The van der Waals surface area contributed by atoms with Crippen LogP contribution in [0.3, 0.4) is 0 Å². The van der Waals surface area contributed by atoms with Crippen molar-refractivity contribution in [2.75, 3.05) is 18.9 Å². The van der Waals surface area contributed by atoms with E-state index in [2.05, 4.69) is 13.8 Å². The molecule has 0 saturated heterocycles. The Labute approximate surface area is 97.5 Å². The standard InChI is InChI=1S/C9H20NO3PS/c1-2-10-9(12)13-7-8(11)5-3-4-6-15-14/h8,11H,2-7,14H2,1H3,(H,10,12). The molecule has 0 aliphatic rings. The Hall–Kier alpha value is 0.01000. The number of carbonyl (C=O) groups is 1. The van der Waals surface area contributed by atoms with E-state index >= 15 is 0 Å². The number of rotatable bonds is 8. The summed E-state index contributed by atoms with van der Waals surface area (Å²) in [5.74, 6) is 1.08.